The number of fused-ring (bicyclic) bond motifs is 1. The highest BCUT2D eigenvalue weighted by molar-refractivity contribution is 9.10. The van der Waals surface area contributed by atoms with Gasteiger partial charge in [-0.15, -0.1) is 0 Å². The molecule has 0 atom stereocenters. The van der Waals surface area contributed by atoms with Crippen LogP contribution in [0.4, 0.5) is 13.2 Å². The van der Waals surface area contributed by atoms with Gasteiger partial charge in [0, 0.05) is 16.8 Å². The van der Waals surface area contributed by atoms with Crippen LogP contribution in [0.1, 0.15) is 5.69 Å². The summed E-state index contributed by atoms with van der Waals surface area (Å²) in [6.45, 7) is 2.29. The van der Waals surface area contributed by atoms with Crippen LogP contribution in [0.15, 0.2) is 28.7 Å². The van der Waals surface area contributed by atoms with Crippen molar-refractivity contribution in [3.8, 4) is 11.8 Å². The summed E-state index contributed by atoms with van der Waals surface area (Å²) in [4.78, 5) is 0. The van der Waals surface area contributed by atoms with Crippen LogP contribution in [-0.4, -0.2) is 10.7 Å². The first-order valence-corrected chi connectivity index (χ1v) is 5.84. The summed E-state index contributed by atoms with van der Waals surface area (Å²) in [6.07, 6.45) is -4.29. The van der Waals surface area contributed by atoms with Crippen molar-refractivity contribution < 1.29 is 13.2 Å². The molecule has 93 valence electrons. The van der Waals surface area contributed by atoms with E-state index in [9.17, 15) is 13.2 Å². The van der Waals surface area contributed by atoms with E-state index in [-0.39, 0.29) is 0 Å². The quantitative estimate of drug-likeness (QED) is 0.697. The van der Waals surface area contributed by atoms with Gasteiger partial charge in [-0.25, -0.2) is 0 Å². The first kappa shape index (κ1) is 13.0. The van der Waals surface area contributed by atoms with E-state index in [2.05, 4.69) is 34.7 Å². The van der Waals surface area contributed by atoms with Gasteiger partial charge in [-0.05, 0) is 24.1 Å². The number of hydrogen-bond donors (Lipinski definition) is 0. The molecule has 0 saturated carbocycles. The molecule has 0 N–H and O–H groups in total. The molecule has 0 spiro atoms. The smallest absolute Gasteiger partial charge is 0.325 e. The summed E-state index contributed by atoms with van der Waals surface area (Å²) in [7, 11) is 0. The lowest BCUT2D eigenvalue weighted by molar-refractivity contribution is -0.140. The molecule has 1 nitrogen and oxygen atoms in total. The van der Waals surface area contributed by atoms with Gasteiger partial charge in [-0.2, -0.15) is 13.2 Å². The fraction of sp³-hybridized carbons (Fsp3) is 0.154. The molecule has 0 saturated heterocycles. The lowest BCUT2D eigenvalue weighted by Gasteiger charge is -2.10. The average molecular weight is 315 g/mol. The van der Waals surface area contributed by atoms with Crippen LogP contribution < -0.4 is 0 Å². The molecule has 1 aromatic heterocycles. The van der Waals surface area contributed by atoms with E-state index in [4.69, 9.17) is 0 Å². The van der Waals surface area contributed by atoms with E-state index in [1.807, 2.05) is 0 Å². The summed E-state index contributed by atoms with van der Waals surface area (Å²) in [5.41, 5.74) is 0.809. The zero-order chi connectivity index (χ0) is 13.3. The predicted molar refractivity (Wildman–Crippen MR) is 67.9 cm³/mol. The number of alkyl halides is 3. The van der Waals surface area contributed by atoms with E-state index in [0.29, 0.717) is 16.6 Å². The predicted octanol–water partition coefficient (Wildman–Crippen LogP) is 4.15. The van der Waals surface area contributed by atoms with Gasteiger partial charge in [0.1, 0.15) is 6.54 Å². The number of benzene rings is 1. The molecule has 1 aromatic carbocycles. The van der Waals surface area contributed by atoms with E-state index in [1.165, 1.54) is 0 Å². The van der Waals surface area contributed by atoms with Crippen molar-refractivity contribution in [2.75, 3.05) is 0 Å². The molecule has 0 amide bonds. The van der Waals surface area contributed by atoms with E-state index < -0.39 is 12.7 Å². The van der Waals surface area contributed by atoms with E-state index in [0.717, 1.165) is 9.04 Å². The minimum atomic E-state index is -4.29. The third kappa shape index (κ3) is 2.54. The minimum Gasteiger partial charge on any atom is -0.325 e. The highest BCUT2D eigenvalue weighted by Crippen LogP contribution is 2.29. The molecular weight excluding hydrogens is 307 g/mol. The van der Waals surface area contributed by atoms with Crippen LogP contribution in [0.2, 0.25) is 0 Å². The number of aromatic nitrogens is 1. The first-order valence-electron chi connectivity index (χ1n) is 5.05. The summed E-state index contributed by atoms with van der Waals surface area (Å²) in [5, 5.41) is 0.708. The van der Waals surface area contributed by atoms with Gasteiger partial charge >= 0.3 is 6.18 Å². The second kappa shape index (κ2) is 4.69. The molecule has 5 heteroatoms. The maximum atomic E-state index is 12.6. The SMILES string of the molecule is [CH2]C#Cc1cc2c(Br)cccc2n1CC(F)(F)F. The molecule has 18 heavy (non-hydrogen) atoms. The molecule has 1 radical (unpaired) electrons. The van der Waals surface area contributed by atoms with Gasteiger partial charge in [-0.3, -0.25) is 0 Å². The van der Waals surface area contributed by atoms with Crippen molar-refractivity contribution in [3.05, 3.63) is 41.4 Å². The van der Waals surface area contributed by atoms with Crippen LogP contribution in [0, 0.1) is 18.8 Å². The molecule has 0 aliphatic carbocycles. The summed E-state index contributed by atoms with van der Waals surface area (Å²) in [6, 6.07) is 6.74. The zero-order valence-corrected chi connectivity index (χ0v) is 10.8. The standard InChI is InChI=1S/C13H8BrF3N/c1-2-4-9-7-10-11(14)5-3-6-12(10)18(9)8-13(15,16)17/h3,5-7H,1,8H2. The molecule has 0 bridgehead atoms. The Morgan fingerprint density at radius 3 is 2.67 bits per heavy atom. The highest BCUT2D eigenvalue weighted by Gasteiger charge is 2.29. The number of hydrogen-bond acceptors (Lipinski definition) is 0. The Morgan fingerprint density at radius 1 is 1.33 bits per heavy atom. The van der Waals surface area contributed by atoms with Gasteiger partial charge < -0.3 is 4.57 Å². The fourth-order valence-electron chi connectivity index (χ4n) is 1.79. The molecule has 1 heterocycles. The van der Waals surface area contributed by atoms with Crippen LogP contribution in [-0.2, 0) is 6.54 Å². The van der Waals surface area contributed by atoms with Crippen molar-refractivity contribution >= 4 is 26.8 Å². The van der Waals surface area contributed by atoms with Gasteiger partial charge in [0.15, 0.2) is 0 Å². The van der Waals surface area contributed by atoms with Crippen molar-refractivity contribution in [3.63, 3.8) is 0 Å². The van der Waals surface area contributed by atoms with Gasteiger partial charge in [-0.1, -0.05) is 27.9 Å². The van der Waals surface area contributed by atoms with Crippen LogP contribution >= 0.6 is 15.9 Å². The summed E-state index contributed by atoms with van der Waals surface area (Å²) >= 11 is 3.32. The Balaban J connectivity index is 2.69. The van der Waals surface area contributed by atoms with Crippen LogP contribution in [0.3, 0.4) is 0 Å². The molecule has 2 aromatic rings. The average Bonchev–Trinajstić information content (AvgIpc) is 2.58. The molecular formula is C13H8BrF3N. The minimum absolute atomic E-state index is 0.309. The second-order valence-corrected chi connectivity index (χ2v) is 4.56. The lowest BCUT2D eigenvalue weighted by Crippen LogP contribution is -2.18. The summed E-state index contributed by atoms with van der Waals surface area (Å²) < 4.78 is 39.6. The van der Waals surface area contributed by atoms with Gasteiger partial charge in [0.25, 0.3) is 0 Å². The second-order valence-electron chi connectivity index (χ2n) is 3.71. The largest absolute Gasteiger partial charge is 0.406 e. The first-order chi connectivity index (χ1) is 8.42. The summed E-state index contributed by atoms with van der Waals surface area (Å²) in [5.74, 6) is 4.98. The molecule has 0 fully saturated rings. The maximum absolute atomic E-state index is 12.6. The zero-order valence-electron chi connectivity index (χ0n) is 9.18. The third-order valence-electron chi connectivity index (χ3n) is 2.45. The molecule has 2 rings (SSSR count). The highest BCUT2D eigenvalue weighted by atomic mass is 79.9. The molecule has 0 aliphatic heterocycles. The van der Waals surface area contributed by atoms with Crippen molar-refractivity contribution in [2.24, 2.45) is 0 Å². The van der Waals surface area contributed by atoms with E-state index in [1.54, 1.807) is 24.3 Å². The van der Waals surface area contributed by atoms with Crippen molar-refractivity contribution in [2.45, 2.75) is 12.7 Å². The van der Waals surface area contributed by atoms with Crippen molar-refractivity contribution in [1.29, 1.82) is 0 Å². The Hall–Kier alpha value is -1.41. The Kier molecular flexibility index (Phi) is 3.40. The number of halogens is 4. The maximum Gasteiger partial charge on any atom is 0.406 e. The van der Waals surface area contributed by atoms with Crippen LogP contribution in [0.25, 0.3) is 10.9 Å². The number of rotatable bonds is 1. The Labute approximate surface area is 111 Å². The molecule has 0 aliphatic rings. The fourth-order valence-corrected chi connectivity index (χ4v) is 2.26. The lowest BCUT2D eigenvalue weighted by atomic mass is 10.2. The monoisotopic (exact) mass is 314 g/mol. The molecule has 0 unspecified atom stereocenters. The van der Waals surface area contributed by atoms with Gasteiger partial charge in [0.05, 0.1) is 11.2 Å². The van der Waals surface area contributed by atoms with Gasteiger partial charge in [0.2, 0.25) is 0 Å². The van der Waals surface area contributed by atoms with Crippen LogP contribution in [0.5, 0.6) is 0 Å². The topological polar surface area (TPSA) is 4.93 Å². The normalized spacial score (nSPS) is 11.4. The Morgan fingerprint density at radius 2 is 2.06 bits per heavy atom. The van der Waals surface area contributed by atoms with Crippen molar-refractivity contribution in [1.82, 2.24) is 4.57 Å². The number of nitrogens with zero attached hydrogens (tertiary/aromatic N) is 1. The van der Waals surface area contributed by atoms with E-state index >= 15 is 0 Å². The third-order valence-corrected chi connectivity index (χ3v) is 3.14. The Bertz CT molecular complexity index is 644.